The molecule has 0 atom stereocenters. The topological polar surface area (TPSA) is 78.3 Å². The standard InChI is InChI=1S/C11H19N3O2/c1-3-4-9-5-10(13-8-12-9)14-11(2,6-15)7-16/h5,8,15-16H,3-4,6-7H2,1-2H3,(H,12,13,14). The van der Waals surface area contributed by atoms with Crippen LogP contribution < -0.4 is 5.32 Å². The molecule has 0 spiro atoms. The number of aryl methyl sites for hydroxylation is 1. The molecular formula is C11H19N3O2. The van der Waals surface area contributed by atoms with Crippen molar-refractivity contribution in [1.29, 1.82) is 0 Å². The largest absolute Gasteiger partial charge is 0.394 e. The molecule has 1 aromatic rings. The molecule has 90 valence electrons. The van der Waals surface area contributed by atoms with Gasteiger partial charge in [-0.3, -0.25) is 0 Å². The molecule has 0 aromatic carbocycles. The van der Waals surface area contributed by atoms with Crippen molar-refractivity contribution in [1.82, 2.24) is 9.97 Å². The Balaban J connectivity index is 2.76. The van der Waals surface area contributed by atoms with Gasteiger partial charge in [-0.15, -0.1) is 0 Å². The summed E-state index contributed by atoms with van der Waals surface area (Å²) in [7, 11) is 0. The van der Waals surface area contributed by atoms with E-state index in [0.717, 1.165) is 18.5 Å². The molecule has 0 aliphatic rings. The van der Waals surface area contributed by atoms with Gasteiger partial charge in [0.15, 0.2) is 0 Å². The number of anilines is 1. The van der Waals surface area contributed by atoms with E-state index in [9.17, 15) is 0 Å². The first-order chi connectivity index (χ1) is 7.63. The quantitative estimate of drug-likeness (QED) is 0.660. The normalized spacial score (nSPS) is 11.5. The van der Waals surface area contributed by atoms with E-state index in [1.54, 1.807) is 6.92 Å². The van der Waals surface area contributed by atoms with E-state index in [1.165, 1.54) is 6.33 Å². The van der Waals surface area contributed by atoms with Crippen molar-refractivity contribution in [3.8, 4) is 0 Å². The fourth-order valence-corrected chi connectivity index (χ4v) is 1.30. The number of nitrogens with one attached hydrogen (secondary N) is 1. The molecule has 0 amide bonds. The number of hydrogen-bond donors (Lipinski definition) is 3. The predicted molar refractivity (Wildman–Crippen MR) is 62.2 cm³/mol. The molecule has 1 aromatic heterocycles. The second-order valence-electron chi connectivity index (χ2n) is 4.15. The van der Waals surface area contributed by atoms with Crippen LogP contribution in [0, 0.1) is 0 Å². The maximum atomic E-state index is 9.15. The summed E-state index contributed by atoms with van der Waals surface area (Å²) in [5.74, 6) is 0.629. The first-order valence-electron chi connectivity index (χ1n) is 5.44. The fourth-order valence-electron chi connectivity index (χ4n) is 1.30. The Hall–Kier alpha value is -1.20. The summed E-state index contributed by atoms with van der Waals surface area (Å²) in [5, 5.41) is 21.3. The molecule has 0 bridgehead atoms. The highest BCUT2D eigenvalue weighted by Gasteiger charge is 2.22. The molecule has 0 aliphatic carbocycles. The smallest absolute Gasteiger partial charge is 0.130 e. The van der Waals surface area contributed by atoms with Crippen LogP contribution in [0.3, 0.4) is 0 Å². The van der Waals surface area contributed by atoms with Crippen molar-refractivity contribution in [3.05, 3.63) is 18.1 Å². The highest BCUT2D eigenvalue weighted by Crippen LogP contribution is 2.13. The van der Waals surface area contributed by atoms with Crippen molar-refractivity contribution >= 4 is 5.82 Å². The molecule has 0 radical (unpaired) electrons. The third-order valence-corrected chi connectivity index (χ3v) is 2.36. The summed E-state index contributed by atoms with van der Waals surface area (Å²) >= 11 is 0. The van der Waals surface area contributed by atoms with Crippen molar-refractivity contribution in [2.45, 2.75) is 32.2 Å². The average Bonchev–Trinajstić information content (AvgIpc) is 2.30. The zero-order valence-electron chi connectivity index (χ0n) is 9.77. The van der Waals surface area contributed by atoms with Gasteiger partial charge in [0.1, 0.15) is 12.1 Å². The highest BCUT2D eigenvalue weighted by molar-refractivity contribution is 5.38. The maximum absolute atomic E-state index is 9.15. The molecule has 1 rings (SSSR count). The van der Waals surface area contributed by atoms with Crippen LogP contribution in [0.15, 0.2) is 12.4 Å². The van der Waals surface area contributed by atoms with Crippen LogP contribution in [0.4, 0.5) is 5.82 Å². The molecule has 5 heteroatoms. The Morgan fingerprint density at radius 3 is 2.56 bits per heavy atom. The first kappa shape index (κ1) is 12.9. The van der Waals surface area contributed by atoms with Gasteiger partial charge in [0.05, 0.1) is 18.8 Å². The number of hydrogen-bond acceptors (Lipinski definition) is 5. The second-order valence-corrected chi connectivity index (χ2v) is 4.15. The molecule has 0 saturated heterocycles. The fraction of sp³-hybridized carbons (Fsp3) is 0.636. The van der Waals surface area contributed by atoms with Gasteiger partial charge in [0, 0.05) is 11.8 Å². The molecular weight excluding hydrogens is 206 g/mol. The first-order valence-corrected chi connectivity index (χ1v) is 5.44. The van der Waals surface area contributed by atoms with Crippen molar-refractivity contribution in [2.75, 3.05) is 18.5 Å². The van der Waals surface area contributed by atoms with E-state index in [0.29, 0.717) is 5.82 Å². The molecule has 0 saturated carbocycles. The van der Waals surface area contributed by atoms with E-state index >= 15 is 0 Å². The van der Waals surface area contributed by atoms with Gasteiger partial charge in [0.2, 0.25) is 0 Å². The van der Waals surface area contributed by atoms with Crippen LogP contribution in [-0.2, 0) is 6.42 Å². The Morgan fingerprint density at radius 1 is 1.31 bits per heavy atom. The summed E-state index contributed by atoms with van der Waals surface area (Å²) in [5.41, 5.74) is 0.205. The molecule has 1 heterocycles. The SMILES string of the molecule is CCCc1cc(NC(C)(CO)CO)ncn1. The van der Waals surface area contributed by atoms with Crippen molar-refractivity contribution in [2.24, 2.45) is 0 Å². The third kappa shape index (κ3) is 3.43. The van der Waals surface area contributed by atoms with Crippen LogP contribution in [0.2, 0.25) is 0 Å². The number of nitrogens with zero attached hydrogens (tertiary/aromatic N) is 2. The summed E-state index contributed by atoms with van der Waals surface area (Å²) in [6, 6.07) is 1.84. The molecule has 0 fully saturated rings. The Kier molecular flexibility index (Phi) is 4.64. The predicted octanol–water partition coefficient (Wildman–Crippen LogP) is 0.584. The molecule has 3 N–H and O–H groups in total. The van der Waals surface area contributed by atoms with Crippen LogP contribution >= 0.6 is 0 Å². The van der Waals surface area contributed by atoms with Crippen LogP contribution in [0.5, 0.6) is 0 Å². The number of aromatic nitrogens is 2. The van der Waals surface area contributed by atoms with Gasteiger partial charge in [-0.1, -0.05) is 13.3 Å². The van der Waals surface area contributed by atoms with Crippen molar-refractivity contribution < 1.29 is 10.2 Å². The minimum Gasteiger partial charge on any atom is -0.394 e. The van der Waals surface area contributed by atoms with E-state index in [-0.39, 0.29) is 13.2 Å². The van der Waals surface area contributed by atoms with Gasteiger partial charge in [-0.2, -0.15) is 0 Å². The van der Waals surface area contributed by atoms with Crippen molar-refractivity contribution in [3.63, 3.8) is 0 Å². The van der Waals surface area contributed by atoms with E-state index in [1.807, 2.05) is 6.07 Å². The van der Waals surface area contributed by atoms with E-state index in [2.05, 4.69) is 22.2 Å². The number of aliphatic hydroxyl groups excluding tert-OH is 2. The monoisotopic (exact) mass is 225 g/mol. The lowest BCUT2D eigenvalue weighted by molar-refractivity contribution is 0.147. The number of aliphatic hydroxyl groups is 2. The third-order valence-electron chi connectivity index (χ3n) is 2.36. The molecule has 0 aliphatic heterocycles. The Morgan fingerprint density at radius 2 is 2.00 bits per heavy atom. The summed E-state index contributed by atoms with van der Waals surface area (Å²) in [6.45, 7) is 3.50. The van der Waals surface area contributed by atoms with Gasteiger partial charge in [-0.25, -0.2) is 9.97 Å². The van der Waals surface area contributed by atoms with Crippen LogP contribution in [0.25, 0.3) is 0 Å². The van der Waals surface area contributed by atoms with Gasteiger partial charge in [0.25, 0.3) is 0 Å². The minimum atomic E-state index is -0.752. The number of rotatable bonds is 6. The van der Waals surface area contributed by atoms with E-state index in [4.69, 9.17) is 10.2 Å². The summed E-state index contributed by atoms with van der Waals surface area (Å²) < 4.78 is 0. The molecule has 16 heavy (non-hydrogen) atoms. The molecule has 5 nitrogen and oxygen atoms in total. The summed E-state index contributed by atoms with van der Waals surface area (Å²) in [4.78, 5) is 8.19. The average molecular weight is 225 g/mol. The second kappa shape index (κ2) is 5.77. The Bertz CT molecular complexity index is 327. The van der Waals surface area contributed by atoms with Gasteiger partial charge < -0.3 is 15.5 Å². The zero-order chi connectivity index (χ0) is 12.0. The molecule has 0 unspecified atom stereocenters. The Labute approximate surface area is 95.6 Å². The van der Waals surface area contributed by atoms with Crippen LogP contribution in [-0.4, -0.2) is 38.9 Å². The summed E-state index contributed by atoms with van der Waals surface area (Å²) in [6.07, 6.45) is 3.41. The van der Waals surface area contributed by atoms with E-state index < -0.39 is 5.54 Å². The zero-order valence-corrected chi connectivity index (χ0v) is 9.77. The van der Waals surface area contributed by atoms with Crippen LogP contribution in [0.1, 0.15) is 26.0 Å². The van der Waals surface area contributed by atoms with Gasteiger partial charge >= 0.3 is 0 Å². The lowest BCUT2D eigenvalue weighted by Crippen LogP contribution is -2.42. The lowest BCUT2D eigenvalue weighted by Gasteiger charge is -2.26. The maximum Gasteiger partial charge on any atom is 0.130 e. The van der Waals surface area contributed by atoms with Gasteiger partial charge in [-0.05, 0) is 13.3 Å². The minimum absolute atomic E-state index is 0.156. The highest BCUT2D eigenvalue weighted by atomic mass is 16.3. The lowest BCUT2D eigenvalue weighted by atomic mass is 10.1.